The van der Waals surface area contributed by atoms with E-state index in [0.29, 0.717) is 13.0 Å². The molecule has 3 rings (SSSR count). The SMILES string of the molecule is COCc1cccc(NC(=O)Cc2c(C)nn(-c3ccccc3)c2C)c1. The first-order chi connectivity index (χ1) is 12.6. The Morgan fingerprint density at radius 2 is 1.88 bits per heavy atom. The number of para-hydroxylation sites is 1. The van der Waals surface area contributed by atoms with Gasteiger partial charge in [-0.15, -0.1) is 0 Å². The molecule has 0 aliphatic rings. The lowest BCUT2D eigenvalue weighted by atomic mass is 10.1. The summed E-state index contributed by atoms with van der Waals surface area (Å²) in [6.45, 7) is 4.45. The highest BCUT2D eigenvalue weighted by atomic mass is 16.5. The van der Waals surface area contributed by atoms with Crippen molar-refractivity contribution in [1.29, 1.82) is 0 Å². The Kier molecular flexibility index (Phi) is 5.49. The van der Waals surface area contributed by atoms with Gasteiger partial charge in [-0.2, -0.15) is 5.10 Å². The van der Waals surface area contributed by atoms with Gasteiger partial charge in [0.15, 0.2) is 0 Å². The number of anilines is 1. The van der Waals surface area contributed by atoms with Gasteiger partial charge in [-0.1, -0.05) is 30.3 Å². The van der Waals surface area contributed by atoms with Crippen molar-refractivity contribution in [3.05, 3.63) is 77.1 Å². The molecule has 3 aromatic rings. The number of amides is 1. The van der Waals surface area contributed by atoms with E-state index in [-0.39, 0.29) is 5.91 Å². The fraction of sp³-hybridized carbons (Fsp3) is 0.238. The normalized spacial score (nSPS) is 10.7. The number of aromatic nitrogens is 2. The van der Waals surface area contributed by atoms with Crippen LogP contribution in [0.3, 0.4) is 0 Å². The molecule has 0 aliphatic carbocycles. The van der Waals surface area contributed by atoms with Gasteiger partial charge in [-0.05, 0) is 43.7 Å². The largest absolute Gasteiger partial charge is 0.380 e. The zero-order valence-electron chi connectivity index (χ0n) is 15.3. The maximum Gasteiger partial charge on any atom is 0.228 e. The van der Waals surface area contributed by atoms with Crippen molar-refractivity contribution in [3.8, 4) is 5.69 Å². The van der Waals surface area contributed by atoms with Gasteiger partial charge in [0, 0.05) is 24.1 Å². The highest BCUT2D eigenvalue weighted by molar-refractivity contribution is 5.92. The molecule has 2 aromatic carbocycles. The molecule has 134 valence electrons. The quantitative estimate of drug-likeness (QED) is 0.736. The molecule has 0 fully saturated rings. The summed E-state index contributed by atoms with van der Waals surface area (Å²) in [6.07, 6.45) is 0.291. The predicted octanol–water partition coefficient (Wildman–Crippen LogP) is 3.82. The number of ether oxygens (including phenoxy) is 1. The lowest BCUT2D eigenvalue weighted by Gasteiger charge is -2.08. The minimum atomic E-state index is -0.0571. The summed E-state index contributed by atoms with van der Waals surface area (Å²) in [4.78, 5) is 12.5. The van der Waals surface area contributed by atoms with Crippen molar-refractivity contribution in [2.24, 2.45) is 0 Å². The number of rotatable bonds is 6. The standard InChI is InChI=1S/C21H23N3O2/c1-15-20(16(2)24(23-15)19-10-5-4-6-11-19)13-21(25)22-18-9-7-8-17(12-18)14-26-3/h4-12H,13-14H2,1-3H3,(H,22,25). The Balaban J connectivity index is 1.76. The molecule has 0 saturated carbocycles. The van der Waals surface area contributed by atoms with Crippen LogP contribution in [0.15, 0.2) is 54.6 Å². The third-order valence-corrected chi connectivity index (χ3v) is 4.30. The molecule has 1 aromatic heterocycles. The number of nitrogens with zero attached hydrogens (tertiary/aromatic N) is 2. The zero-order chi connectivity index (χ0) is 18.5. The number of methoxy groups -OCH3 is 1. The molecule has 5 heteroatoms. The summed E-state index contributed by atoms with van der Waals surface area (Å²) in [6, 6.07) is 17.6. The third-order valence-electron chi connectivity index (χ3n) is 4.30. The van der Waals surface area contributed by atoms with Crippen LogP contribution in [-0.2, 0) is 22.6 Å². The summed E-state index contributed by atoms with van der Waals surface area (Å²) in [5.41, 5.74) is 5.60. The minimum Gasteiger partial charge on any atom is -0.380 e. The number of aryl methyl sites for hydroxylation is 1. The van der Waals surface area contributed by atoms with Crippen LogP contribution >= 0.6 is 0 Å². The average Bonchev–Trinajstić information content (AvgIpc) is 2.91. The topological polar surface area (TPSA) is 56.1 Å². The molecule has 0 unspecified atom stereocenters. The first kappa shape index (κ1) is 17.9. The summed E-state index contributed by atoms with van der Waals surface area (Å²) in [5.74, 6) is -0.0571. The van der Waals surface area contributed by atoms with Crippen LogP contribution in [0.1, 0.15) is 22.5 Å². The molecule has 26 heavy (non-hydrogen) atoms. The molecule has 0 atom stereocenters. The van der Waals surface area contributed by atoms with E-state index in [9.17, 15) is 4.79 Å². The first-order valence-corrected chi connectivity index (χ1v) is 8.56. The van der Waals surface area contributed by atoms with E-state index in [1.807, 2.05) is 73.1 Å². The second kappa shape index (κ2) is 7.97. The monoisotopic (exact) mass is 349 g/mol. The van der Waals surface area contributed by atoms with E-state index in [4.69, 9.17) is 4.74 Å². The van der Waals surface area contributed by atoms with Crippen molar-refractivity contribution in [2.45, 2.75) is 26.9 Å². The summed E-state index contributed by atoms with van der Waals surface area (Å²) in [7, 11) is 1.65. The molecule has 0 aliphatic heterocycles. The van der Waals surface area contributed by atoms with Gasteiger partial charge in [0.1, 0.15) is 0 Å². The van der Waals surface area contributed by atoms with Crippen LogP contribution in [0.25, 0.3) is 5.69 Å². The molecule has 1 amide bonds. The summed E-state index contributed by atoms with van der Waals surface area (Å²) >= 11 is 0. The highest BCUT2D eigenvalue weighted by Gasteiger charge is 2.16. The number of hydrogen-bond acceptors (Lipinski definition) is 3. The van der Waals surface area contributed by atoms with Gasteiger partial charge in [-0.25, -0.2) is 4.68 Å². The highest BCUT2D eigenvalue weighted by Crippen LogP contribution is 2.19. The zero-order valence-corrected chi connectivity index (χ0v) is 15.3. The van der Waals surface area contributed by atoms with Crippen LogP contribution < -0.4 is 5.32 Å². The number of carbonyl (C=O) groups is 1. The van der Waals surface area contributed by atoms with Gasteiger partial charge < -0.3 is 10.1 Å². The second-order valence-electron chi connectivity index (χ2n) is 6.26. The van der Waals surface area contributed by atoms with Gasteiger partial charge in [0.2, 0.25) is 5.91 Å². The second-order valence-corrected chi connectivity index (χ2v) is 6.26. The Hall–Kier alpha value is -2.92. The molecule has 5 nitrogen and oxygen atoms in total. The van der Waals surface area contributed by atoms with Crippen molar-refractivity contribution >= 4 is 11.6 Å². The van der Waals surface area contributed by atoms with Crippen molar-refractivity contribution in [2.75, 3.05) is 12.4 Å². The maximum absolute atomic E-state index is 12.5. The lowest BCUT2D eigenvalue weighted by Crippen LogP contribution is -2.15. The third kappa shape index (κ3) is 4.00. The summed E-state index contributed by atoms with van der Waals surface area (Å²) < 4.78 is 7.02. The average molecular weight is 349 g/mol. The van der Waals surface area contributed by atoms with Gasteiger partial charge in [-0.3, -0.25) is 4.79 Å². The van der Waals surface area contributed by atoms with E-state index in [1.54, 1.807) is 7.11 Å². The van der Waals surface area contributed by atoms with Crippen LogP contribution in [0.4, 0.5) is 5.69 Å². The fourth-order valence-corrected chi connectivity index (χ4v) is 3.02. The predicted molar refractivity (Wildman–Crippen MR) is 103 cm³/mol. The number of hydrogen-bond donors (Lipinski definition) is 1. The number of nitrogens with one attached hydrogen (secondary N) is 1. The van der Waals surface area contributed by atoms with Crippen LogP contribution in [0.2, 0.25) is 0 Å². The van der Waals surface area contributed by atoms with Crippen molar-refractivity contribution in [1.82, 2.24) is 9.78 Å². The van der Waals surface area contributed by atoms with Crippen molar-refractivity contribution in [3.63, 3.8) is 0 Å². The Morgan fingerprint density at radius 1 is 1.12 bits per heavy atom. The van der Waals surface area contributed by atoms with E-state index in [0.717, 1.165) is 33.9 Å². The maximum atomic E-state index is 12.5. The molecule has 0 spiro atoms. The lowest BCUT2D eigenvalue weighted by molar-refractivity contribution is -0.115. The molecule has 1 heterocycles. The smallest absolute Gasteiger partial charge is 0.228 e. The van der Waals surface area contributed by atoms with Gasteiger partial charge in [0.25, 0.3) is 0 Å². The van der Waals surface area contributed by atoms with Crippen LogP contribution in [0, 0.1) is 13.8 Å². The number of benzene rings is 2. The fourth-order valence-electron chi connectivity index (χ4n) is 3.02. The molecular formula is C21H23N3O2. The molecule has 1 N–H and O–H groups in total. The van der Waals surface area contributed by atoms with Gasteiger partial charge in [0.05, 0.1) is 24.4 Å². The first-order valence-electron chi connectivity index (χ1n) is 8.56. The van der Waals surface area contributed by atoms with E-state index >= 15 is 0 Å². The molecule has 0 saturated heterocycles. The Morgan fingerprint density at radius 3 is 2.62 bits per heavy atom. The van der Waals surface area contributed by atoms with Gasteiger partial charge >= 0.3 is 0 Å². The number of carbonyl (C=O) groups excluding carboxylic acids is 1. The molecule has 0 radical (unpaired) electrons. The minimum absolute atomic E-state index is 0.0571. The van der Waals surface area contributed by atoms with Crippen LogP contribution in [0.5, 0.6) is 0 Å². The molecule has 0 bridgehead atoms. The van der Waals surface area contributed by atoms with E-state index < -0.39 is 0 Å². The van der Waals surface area contributed by atoms with E-state index in [1.165, 1.54) is 0 Å². The van der Waals surface area contributed by atoms with Crippen LogP contribution in [-0.4, -0.2) is 22.8 Å². The summed E-state index contributed by atoms with van der Waals surface area (Å²) in [5, 5.41) is 7.56. The Labute approximate surface area is 153 Å². The van der Waals surface area contributed by atoms with E-state index in [2.05, 4.69) is 10.4 Å². The molecular weight excluding hydrogens is 326 g/mol. The Bertz CT molecular complexity index is 901. The van der Waals surface area contributed by atoms with Crippen molar-refractivity contribution < 1.29 is 9.53 Å².